The molecule has 4 aromatic rings. The van der Waals surface area contributed by atoms with Gasteiger partial charge in [-0.1, -0.05) is 127 Å². The van der Waals surface area contributed by atoms with Crippen LogP contribution in [0.5, 0.6) is 0 Å². The van der Waals surface area contributed by atoms with Crippen LogP contribution in [0.4, 0.5) is 5.69 Å². The van der Waals surface area contributed by atoms with Gasteiger partial charge in [-0.25, -0.2) is 4.98 Å². The first-order valence-electron chi connectivity index (χ1n) is 19.7. The predicted octanol–water partition coefficient (Wildman–Crippen LogP) is 9.47. The third-order valence-corrected chi connectivity index (χ3v) is 10.5. The second-order valence-electron chi connectivity index (χ2n) is 14.7. The van der Waals surface area contributed by atoms with Crippen molar-refractivity contribution >= 4 is 16.7 Å². The van der Waals surface area contributed by atoms with Crippen LogP contribution in [-0.4, -0.2) is 57.0 Å². The van der Waals surface area contributed by atoms with E-state index in [-0.39, 0.29) is 6.61 Å². The number of imidazole rings is 1. The van der Waals surface area contributed by atoms with Gasteiger partial charge in [-0.2, -0.15) is 0 Å². The summed E-state index contributed by atoms with van der Waals surface area (Å²) in [4.78, 5) is 5.09. The number of aliphatic hydroxyl groups is 2. The van der Waals surface area contributed by atoms with Gasteiger partial charge in [0.05, 0.1) is 17.6 Å². The normalized spacial score (nSPS) is 23.4. The minimum Gasteiger partial charge on any atom is -0.387 e. The molecule has 0 amide bonds. The average molecular weight is 698 g/mol. The van der Waals surface area contributed by atoms with Crippen molar-refractivity contribution in [2.24, 2.45) is 0 Å². The summed E-state index contributed by atoms with van der Waals surface area (Å²) in [5.41, 5.74) is 6.06. The highest BCUT2D eigenvalue weighted by atomic mass is 16.7. The molecule has 6 atom stereocenters. The largest absolute Gasteiger partial charge is 0.387 e. The molecule has 8 heteroatoms. The fourth-order valence-electron chi connectivity index (χ4n) is 7.54. The molecule has 3 aromatic carbocycles. The second-order valence-corrected chi connectivity index (χ2v) is 14.7. The Morgan fingerprint density at radius 2 is 1.39 bits per heavy atom. The van der Waals surface area contributed by atoms with Gasteiger partial charge >= 0.3 is 0 Å². The first-order chi connectivity index (χ1) is 25.0. The van der Waals surface area contributed by atoms with Crippen LogP contribution in [0.15, 0.2) is 72.8 Å². The zero-order chi connectivity index (χ0) is 35.4. The van der Waals surface area contributed by atoms with E-state index in [9.17, 15) is 10.2 Å². The van der Waals surface area contributed by atoms with Crippen molar-refractivity contribution in [1.29, 1.82) is 0 Å². The number of hydrogen-bond acceptors (Lipinski definition) is 7. The van der Waals surface area contributed by atoms with Gasteiger partial charge in [-0.3, -0.25) is 0 Å². The summed E-state index contributed by atoms with van der Waals surface area (Å²) in [6.45, 7) is 5.58. The van der Waals surface area contributed by atoms with Gasteiger partial charge in [0, 0.05) is 23.4 Å². The van der Waals surface area contributed by atoms with Crippen molar-refractivity contribution in [2.75, 3.05) is 11.9 Å². The van der Waals surface area contributed by atoms with Crippen molar-refractivity contribution in [1.82, 2.24) is 9.55 Å². The molecule has 2 aliphatic rings. The summed E-state index contributed by atoms with van der Waals surface area (Å²) in [6, 6.07) is 24.2. The van der Waals surface area contributed by atoms with Crippen LogP contribution >= 0.6 is 0 Å². The number of unbranched alkanes of at least 4 members (excludes halogenated alkanes) is 13. The molecule has 2 saturated heterocycles. The Balaban J connectivity index is 0.997. The van der Waals surface area contributed by atoms with E-state index in [0.717, 1.165) is 41.1 Å². The zero-order valence-electron chi connectivity index (χ0n) is 30.7. The third-order valence-electron chi connectivity index (χ3n) is 10.5. The Morgan fingerprint density at radius 1 is 0.745 bits per heavy atom. The standard InChI is InChI=1S/C43H59N3O5/c1-3-4-5-6-7-8-9-10-11-12-13-14-15-19-28-46-36-27-22-31(2)29-35(36)45-41(46)32-23-25-34(26-24-32)44-42-39(48)38(47)40-37(50-42)30-49-43(51-40)33-20-17-16-18-21-33/h16-18,20-27,29,37-40,42-44,47-48H,3-15,19,28,30H2,1-2H3/t37-,38-,39-,40-,42-,43?/m1/s1. The van der Waals surface area contributed by atoms with Crippen LogP contribution in [0.2, 0.25) is 0 Å². The van der Waals surface area contributed by atoms with E-state index in [1.54, 1.807) is 0 Å². The summed E-state index contributed by atoms with van der Waals surface area (Å²) >= 11 is 0. The molecule has 51 heavy (non-hydrogen) atoms. The lowest BCUT2D eigenvalue weighted by Crippen LogP contribution is -2.63. The van der Waals surface area contributed by atoms with Crippen LogP contribution in [0, 0.1) is 6.92 Å². The number of hydrogen-bond donors (Lipinski definition) is 3. The Labute approximate surface area is 304 Å². The molecule has 0 aliphatic carbocycles. The maximum atomic E-state index is 11.0. The molecule has 2 aliphatic heterocycles. The van der Waals surface area contributed by atoms with Crippen LogP contribution in [0.25, 0.3) is 22.4 Å². The molecule has 0 radical (unpaired) electrons. The third kappa shape index (κ3) is 9.99. The van der Waals surface area contributed by atoms with E-state index in [0.29, 0.717) is 0 Å². The SMILES string of the molecule is CCCCCCCCCCCCCCCCn1c(-c2ccc(N[C@@H]3O[C@@H]4COC(c5ccccc5)O[C@H]4[C@H](O)[C@H]3O)cc2)nc2cc(C)ccc21. The van der Waals surface area contributed by atoms with E-state index < -0.39 is 36.9 Å². The number of aliphatic hydroxyl groups excluding tert-OH is 2. The molecule has 0 saturated carbocycles. The van der Waals surface area contributed by atoms with Crippen molar-refractivity contribution in [3.05, 3.63) is 83.9 Å². The maximum Gasteiger partial charge on any atom is 0.184 e. The minimum atomic E-state index is -1.18. The number of nitrogens with one attached hydrogen (secondary N) is 1. The number of aryl methyl sites for hydroxylation is 2. The molecule has 2 fully saturated rings. The van der Waals surface area contributed by atoms with Crippen LogP contribution in [-0.2, 0) is 20.8 Å². The van der Waals surface area contributed by atoms with E-state index in [1.165, 1.54) is 94.6 Å². The lowest BCUT2D eigenvalue weighted by Gasteiger charge is -2.46. The van der Waals surface area contributed by atoms with Gasteiger partial charge in [-0.05, 0) is 55.3 Å². The monoisotopic (exact) mass is 697 g/mol. The van der Waals surface area contributed by atoms with Gasteiger partial charge in [0.1, 0.15) is 30.2 Å². The average Bonchev–Trinajstić information content (AvgIpc) is 3.51. The molecule has 276 valence electrons. The van der Waals surface area contributed by atoms with Crippen molar-refractivity contribution in [3.8, 4) is 11.4 Å². The molecular weight excluding hydrogens is 638 g/mol. The van der Waals surface area contributed by atoms with E-state index in [2.05, 4.69) is 54.1 Å². The predicted molar refractivity (Wildman–Crippen MR) is 205 cm³/mol. The molecule has 3 N–H and O–H groups in total. The molecule has 6 rings (SSSR count). The highest BCUT2D eigenvalue weighted by Crippen LogP contribution is 2.35. The number of aromatic nitrogens is 2. The van der Waals surface area contributed by atoms with Gasteiger partial charge in [0.2, 0.25) is 0 Å². The summed E-state index contributed by atoms with van der Waals surface area (Å²) in [5, 5.41) is 25.3. The second kappa shape index (κ2) is 19.0. The fraction of sp³-hybridized carbons (Fsp3) is 0.558. The quantitative estimate of drug-likeness (QED) is 0.0840. The molecule has 1 unspecified atom stereocenters. The van der Waals surface area contributed by atoms with E-state index in [4.69, 9.17) is 19.2 Å². The first kappa shape index (κ1) is 37.5. The molecule has 0 bridgehead atoms. The van der Waals surface area contributed by atoms with Gasteiger partial charge in [0.25, 0.3) is 0 Å². The zero-order valence-corrected chi connectivity index (χ0v) is 30.7. The number of fused-ring (bicyclic) bond motifs is 2. The van der Waals surface area contributed by atoms with E-state index in [1.807, 2.05) is 42.5 Å². The number of anilines is 1. The van der Waals surface area contributed by atoms with Crippen LogP contribution in [0.3, 0.4) is 0 Å². The molecule has 8 nitrogen and oxygen atoms in total. The lowest BCUT2D eigenvalue weighted by molar-refractivity contribution is -0.325. The number of nitrogens with zero attached hydrogens (tertiary/aromatic N) is 2. The summed E-state index contributed by atoms with van der Waals surface area (Å²) in [6.07, 6.45) is 13.9. The van der Waals surface area contributed by atoms with E-state index >= 15 is 0 Å². The molecule has 0 spiro atoms. The summed E-state index contributed by atoms with van der Waals surface area (Å²) < 4.78 is 20.5. The van der Waals surface area contributed by atoms with Crippen LogP contribution in [0.1, 0.15) is 114 Å². The van der Waals surface area contributed by atoms with Gasteiger partial charge in [-0.15, -0.1) is 0 Å². The molecule has 3 heterocycles. The summed E-state index contributed by atoms with van der Waals surface area (Å²) in [7, 11) is 0. The topological polar surface area (TPSA) is 98.0 Å². The Morgan fingerprint density at radius 3 is 2.06 bits per heavy atom. The Bertz CT molecular complexity index is 1610. The van der Waals surface area contributed by atoms with Crippen molar-refractivity contribution in [2.45, 2.75) is 147 Å². The Hall–Kier alpha value is -3.27. The summed E-state index contributed by atoms with van der Waals surface area (Å²) in [5.74, 6) is 0.966. The molecular formula is C43H59N3O5. The number of rotatable bonds is 19. The highest BCUT2D eigenvalue weighted by Gasteiger charge is 2.48. The molecule has 1 aromatic heterocycles. The minimum absolute atomic E-state index is 0.250. The first-order valence-corrected chi connectivity index (χ1v) is 19.7. The van der Waals surface area contributed by atoms with Crippen molar-refractivity contribution in [3.63, 3.8) is 0 Å². The lowest BCUT2D eigenvalue weighted by atomic mass is 9.97. The number of benzene rings is 3. The van der Waals surface area contributed by atoms with Gasteiger partial charge < -0.3 is 34.3 Å². The highest BCUT2D eigenvalue weighted by molar-refractivity contribution is 5.81. The number of ether oxygens (including phenoxy) is 3. The van der Waals surface area contributed by atoms with Crippen LogP contribution < -0.4 is 5.32 Å². The van der Waals surface area contributed by atoms with Gasteiger partial charge in [0.15, 0.2) is 12.5 Å². The van der Waals surface area contributed by atoms with Crippen molar-refractivity contribution < 1.29 is 24.4 Å². The maximum absolute atomic E-state index is 11.0. The fourth-order valence-corrected chi connectivity index (χ4v) is 7.54. The smallest absolute Gasteiger partial charge is 0.184 e. The Kier molecular flexibility index (Phi) is 14.0.